The van der Waals surface area contributed by atoms with Crippen LogP contribution in [0.2, 0.25) is 5.02 Å². The van der Waals surface area contributed by atoms with Gasteiger partial charge in [0.15, 0.2) is 0 Å². The first-order valence-electron chi connectivity index (χ1n) is 6.29. The van der Waals surface area contributed by atoms with E-state index in [4.69, 9.17) is 11.6 Å². The molecule has 1 rings (SSSR count). The summed E-state index contributed by atoms with van der Waals surface area (Å²) in [7, 11) is 1.93. The number of likely N-dealkylation sites (N-methyl/N-ethyl adjacent to an activating group) is 1. The molecule has 0 bridgehead atoms. The van der Waals surface area contributed by atoms with Crippen LogP contribution in [0.5, 0.6) is 0 Å². The molecule has 1 nitrogen and oxygen atoms in total. The molecule has 102 valence electrons. The number of hydrogen-bond acceptors (Lipinski definition) is 2. The molecule has 0 fully saturated rings. The molecule has 0 radical (unpaired) electrons. The van der Waals surface area contributed by atoms with Crippen LogP contribution in [-0.2, 0) is 6.42 Å². The van der Waals surface area contributed by atoms with Gasteiger partial charge in [0.2, 0.25) is 0 Å². The van der Waals surface area contributed by atoms with Crippen LogP contribution >= 0.6 is 23.4 Å². The predicted molar refractivity (Wildman–Crippen MR) is 80.2 cm³/mol. The zero-order valence-electron chi connectivity index (χ0n) is 11.2. The molecule has 0 amide bonds. The minimum absolute atomic E-state index is 0.212. The van der Waals surface area contributed by atoms with Crippen molar-refractivity contribution in [3.63, 3.8) is 0 Å². The van der Waals surface area contributed by atoms with Crippen molar-refractivity contribution in [2.45, 2.75) is 38.0 Å². The van der Waals surface area contributed by atoms with Crippen molar-refractivity contribution >= 4 is 23.4 Å². The highest BCUT2D eigenvalue weighted by Gasteiger charge is 2.12. The van der Waals surface area contributed by atoms with Crippen molar-refractivity contribution in [2.75, 3.05) is 12.8 Å². The fourth-order valence-electron chi connectivity index (χ4n) is 1.60. The van der Waals surface area contributed by atoms with Gasteiger partial charge in [0.05, 0.1) is 0 Å². The number of hydrogen-bond donors (Lipinski definition) is 1. The van der Waals surface area contributed by atoms with Gasteiger partial charge in [0, 0.05) is 22.1 Å². The van der Waals surface area contributed by atoms with E-state index in [0.717, 1.165) is 17.7 Å². The van der Waals surface area contributed by atoms with Crippen LogP contribution in [0.4, 0.5) is 4.39 Å². The topological polar surface area (TPSA) is 12.0 Å². The average molecular weight is 290 g/mol. The van der Waals surface area contributed by atoms with Gasteiger partial charge in [-0.1, -0.05) is 31.5 Å². The van der Waals surface area contributed by atoms with E-state index in [1.54, 1.807) is 12.1 Å². The third-order valence-electron chi connectivity index (χ3n) is 3.05. The van der Waals surface area contributed by atoms with Gasteiger partial charge in [-0.05, 0) is 37.6 Å². The Balaban J connectivity index is 2.56. The molecule has 0 saturated heterocycles. The summed E-state index contributed by atoms with van der Waals surface area (Å²) in [5, 5.41) is 4.35. The van der Waals surface area contributed by atoms with Gasteiger partial charge in [0.1, 0.15) is 5.82 Å². The summed E-state index contributed by atoms with van der Waals surface area (Å²) in [4.78, 5) is 0. The molecule has 0 aliphatic carbocycles. The summed E-state index contributed by atoms with van der Waals surface area (Å²) in [6, 6.07) is 5.19. The van der Waals surface area contributed by atoms with E-state index in [9.17, 15) is 4.39 Å². The van der Waals surface area contributed by atoms with E-state index in [0.29, 0.717) is 22.7 Å². The maximum atomic E-state index is 13.7. The molecule has 1 aromatic carbocycles. The molecule has 2 unspecified atom stereocenters. The van der Waals surface area contributed by atoms with Crippen molar-refractivity contribution in [3.05, 3.63) is 34.6 Å². The zero-order valence-corrected chi connectivity index (χ0v) is 12.7. The minimum atomic E-state index is -0.212. The highest BCUT2D eigenvalue weighted by Crippen LogP contribution is 2.19. The van der Waals surface area contributed by atoms with E-state index in [2.05, 4.69) is 19.2 Å². The summed E-state index contributed by atoms with van der Waals surface area (Å²) < 4.78 is 13.7. The molecule has 0 aliphatic heterocycles. The van der Waals surface area contributed by atoms with Crippen molar-refractivity contribution in [1.29, 1.82) is 0 Å². The van der Waals surface area contributed by atoms with Crippen molar-refractivity contribution in [2.24, 2.45) is 0 Å². The maximum absolute atomic E-state index is 13.7. The number of halogens is 2. The summed E-state index contributed by atoms with van der Waals surface area (Å²) in [6.45, 7) is 4.41. The molecule has 2 atom stereocenters. The van der Waals surface area contributed by atoms with Gasteiger partial charge in [-0.3, -0.25) is 0 Å². The summed E-state index contributed by atoms with van der Waals surface area (Å²) in [5.74, 6) is 0.782. The van der Waals surface area contributed by atoms with E-state index in [1.807, 2.05) is 18.8 Å². The lowest BCUT2D eigenvalue weighted by Crippen LogP contribution is -2.31. The summed E-state index contributed by atoms with van der Waals surface area (Å²) >= 11 is 7.68. The predicted octanol–water partition coefficient (Wildman–Crippen LogP) is 4.14. The molecular formula is C14H21ClFNS. The first-order valence-corrected chi connectivity index (χ1v) is 7.72. The summed E-state index contributed by atoms with van der Waals surface area (Å²) in [5.41, 5.74) is 0.725. The van der Waals surface area contributed by atoms with Gasteiger partial charge in [-0.15, -0.1) is 0 Å². The normalized spacial score (nSPS) is 14.5. The molecule has 1 N–H and O–H groups in total. The second-order valence-electron chi connectivity index (χ2n) is 4.48. The van der Waals surface area contributed by atoms with E-state index in [-0.39, 0.29) is 5.82 Å². The Morgan fingerprint density at radius 2 is 2.17 bits per heavy atom. The van der Waals surface area contributed by atoms with Gasteiger partial charge in [0.25, 0.3) is 0 Å². The number of rotatable bonds is 7. The fourth-order valence-corrected chi connectivity index (χ4v) is 2.84. The minimum Gasteiger partial charge on any atom is -0.316 e. The SMILES string of the molecule is CCC(C)SCC(Cc1ccc(Cl)cc1F)NC. The van der Waals surface area contributed by atoms with E-state index >= 15 is 0 Å². The van der Waals surface area contributed by atoms with Crippen LogP contribution < -0.4 is 5.32 Å². The lowest BCUT2D eigenvalue weighted by atomic mass is 10.1. The Bertz CT molecular complexity index is 373. The van der Waals surface area contributed by atoms with Gasteiger partial charge in [-0.25, -0.2) is 4.39 Å². The molecule has 0 spiro atoms. The maximum Gasteiger partial charge on any atom is 0.127 e. The first-order chi connectivity index (χ1) is 8.56. The monoisotopic (exact) mass is 289 g/mol. The number of thioether (sulfide) groups is 1. The summed E-state index contributed by atoms with van der Waals surface area (Å²) in [6.07, 6.45) is 1.86. The van der Waals surface area contributed by atoms with E-state index in [1.165, 1.54) is 6.07 Å². The largest absolute Gasteiger partial charge is 0.316 e. The third-order valence-corrected chi connectivity index (χ3v) is 4.78. The van der Waals surface area contributed by atoms with Crippen LogP contribution in [0.1, 0.15) is 25.8 Å². The number of nitrogens with one attached hydrogen (secondary N) is 1. The van der Waals surface area contributed by atoms with Crippen molar-refractivity contribution < 1.29 is 4.39 Å². The highest BCUT2D eigenvalue weighted by molar-refractivity contribution is 7.99. The molecule has 4 heteroatoms. The Hall–Kier alpha value is -0.250. The third kappa shape index (κ3) is 5.17. The van der Waals surface area contributed by atoms with Gasteiger partial charge in [-0.2, -0.15) is 11.8 Å². The molecule has 1 aromatic rings. The smallest absolute Gasteiger partial charge is 0.127 e. The Morgan fingerprint density at radius 1 is 1.44 bits per heavy atom. The first kappa shape index (κ1) is 15.8. The second kappa shape index (κ2) is 8.03. The Labute approximate surface area is 118 Å². The van der Waals surface area contributed by atoms with Gasteiger partial charge >= 0.3 is 0 Å². The van der Waals surface area contributed by atoms with Crippen LogP contribution in [-0.4, -0.2) is 24.1 Å². The zero-order chi connectivity index (χ0) is 13.5. The molecule has 18 heavy (non-hydrogen) atoms. The molecule has 0 aliphatic rings. The van der Waals surface area contributed by atoms with Crippen molar-refractivity contribution in [1.82, 2.24) is 5.32 Å². The average Bonchev–Trinajstić information content (AvgIpc) is 2.36. The van der Waals surface area contributed by atoms with E-state index < -0.39 is 0 Å². The lowest BCUT2D eigenvalue weighted by Gasteiger charge is -2.18. The van der Waals surface area contributed by atoms with Crippen LogP contribution in [0.15, 0.2) is 18.2 Å². The molecule has 0 heterocycles. The lowest BCUT2D eigenvalue weighted by molar-refractivity contribution is 0.568. The fraction of sp³-hybridized carbons (Fsp3) is 0.571. The highest BCUT2D eigenvalue weighted by atomic mass is 35.5. The number of benzene rings is 1. The standard InChI is InChI=1S/C14H21ClFNS/c1-4-10(2)18-9-13(17-3)7-11-5-6-12(15)8-14(11)16/h5-6,8,10,13,17H,4,7,9H2,1-3H3. The van der Waals surface area contributed by atoms with Crippen molar-refractivity contribution in [3.8, 4) is 0 Å². The van der Waals surface area contributed by atoms with Gasteiger partial charge < -0.3 is 5.32 Å². The van der Waals surface area contributed by atoms with Crippen LogP contribution in [0.25, 0.3) is 0 Å². The Morgan fingerprint density at radius 3 is 2.72 bits per heavy atom. The van der Waals surface area contributed by atoms with Crippen LogP contribution in [0.3, 0.4) is 0 Å². The Kier molecular flexibility index (Phi) is 7.05. The molecule has 0 aromatic heterocycles. The quantitative estimate of drug-likeness (QED) is 0.809. The molecular weight excluding hydrogens is 269 g/mol. The second-order valence-corrected chi connectivity index (χ2v) is 6.39. The molecule has 0 saturated carbocycles. The van der Waals surface area contributed by atoms with Crippen LogP contribution in [0, 0.1) is 5.82 Å².